The van der Waals surface area contributed by atoms with Crippen molar-refractivity contribution in [1.82, 2.24) is 20.4 Å². The highest BCUT2D eigenvalue weighted by molar-refractivity contribution is 9.10. The van der Waals surface area contributed by atoms with Gasteiger partial charge in [-0.1, -0.05) is 45.4 Å². The normalized spacial score (nSPS) is 19.0. The first-order valence-corrected chi connectivity index (χ1v) is 13.4. The molecule has 1 unspecified atom stereocenters. The number of nitrogens with zero attached hydrogens (tertiary/aromatic N) is 4. The van der Waals surface area contributed by atoms with Gasteiger partial charge in [-0.25, -0.2) is 0 Å². The van der Waals surface area contributed by atoms with Crippen molar-refractivity contribution in [3.63, 3.8) is 0 Å². The summed E-state index contributed by atoms with van der Waals surface area (Å²) in [4.78, 5) is 22.1. The molecule has 8 heteroatoms. The Morgan fingerprint density at radius 3 is 2.69 bits per heavy atom. The molecule has 2 aromatic carbocycles. The van der Waals surface area contributed by atoms with Gasteiger partial charge in [-0.05, 0) is 68.5 Å². The van der Waals surface area contributed by atoms with Crippen LogP contribution in [-0.2, 0) is 17.9 Å². The van der Waals surface area contributed by atoms with E-state index in [1.807, 2.05) is 24.3 Å². The summed E-state index contributed by atoms with van der Waals surface area (Å²) in [5.41, 5.74) is 3.33. The molecule has 2 fully saturated rings. The first-order chi connectivity index (χ1) is 17.1. The minimum atomic E-state index is -0.0242. The Labute approximate surface area is 215 Å². The van der Waals surface area contributed by atoms with E-state index in [0.29, 0.717) is 31.3 Å². The molecule has 2 saturated heterocycles. The number of likely N-dealkylation sites (tertiary alicyclic amines) is 1. The first kappa shape index (κ1) is 24.0. The van der Waals surface area contributed by atoms with Gasteiger partial charge in [-0.15, -0.1) is 0 Å². The third-order valence-corrected chi connectivity index (χ3v) is 7.40. The molecule has 0 aliphatic carbocycles. The minimum absolute atomic E-state index is 0.0242. The fraction of sp³-hybridized carbons (Fsp3) is 0.444. The summed E-state index contributed by atoms with van der Waals surface area (Å²) in [5, 5.41) is 7.28. The van der Waals surface area contributed by atoms with Crippen LogP contribution in [0.15, 0.2) is 57.5 Å². The summed E-state index contributed by atoms with van der Waals surface area (Å²) in [6, 6.07) is 16.5. The number of amides is 1. The summed E-state index contributed by atoms with van der Waals surface area (Å²) in [5.74, 6) is 1.26. The second kappa shape index (κ2) is 11.4. The Morgan fingerprint density at radius 1 is 1.06 bits per heavy atom. The average Bonchev–Trinajstić information content (AvgIpc) is 3.37. The number of halogens is 1. The van der Waals surface area contributed by atoms with E-state index in [1.54, 1.807) is 0 Å². The highest BCUT2D eigenvalue weighted by Crippen LogP contribution is 2.23. The van der Waals surface area contributed by atoms with Crippen LogP contribution in [0.4, 0.5) is 5.69 Å². The van der Waals surface area contributed by atoms with Crippen molar-refractivity contribution >= 4 is 27.5 Å². The van der Waals surface area contributed by atoms with Crippen LogP contribution in [0.5, 0.6) is 0 Å². The number of aromatic nitrogens is 2. The van der Waals surface area contributed by atoms with Crippen LogP contribution in [0, 0.1) is 5.92 Å². The third-order valence-electron chi connectivity index (χ3n) is 6.91. The Morgan fingerprint density at radius 2 is 1.89 bits per heavy atom. The van der Waals surface area contributed by atoms with Crippen LogP contribution in [-0.4, -0.2) is 47.1 Å². The lowest BCUT2D eigenvalue weighted by Gasteiger charge is -2.31. The summed E-state index contributed by atoms with van der Waals surface area (Å²) < 4.78 is 6.47. The number of rotatable bonds is 7. The van der Waals surface area contributed by atoms with Crippen molar-refractivity contribution in [2.24, 2.45) is 5.92 Å². The summed E-state index contributed by atoms with van der Waals surface area (Å²) in [6.07, 6.45) is 5.77. The van der Waals surface area contributed by atoms with Crippen LogP contribution < -0.4 is 10.2 Å². The van der Waals surface area contributed by atoms with Crippen LogP contribution in [0.1, 0.15) is 43.6 Å². The molecule has 0 saturated carbocycles. The lowest BCUT2D eigenvalue weighted by atomic mass is 9.97. The lowest BCUT2D eigenvalue weighted by molar-refractivity contribution is -0.127. The zero-order valence-corrected chi connectivity index (χ0v) is 21.5. The molecule has 184 valence electrons. The molecule has 7 nitrogen and oxygen atoms in total. The fourth-order valence-electron chi connectivity index (χ4n) is 4.98. The zero-order valence-electron chi connectivity index (χ0n) is 20.0. The van der Waals surface area contributed by atoms with E-state index in [4.69, 9.17) is 4.52 Å². The molecule has 3 heterocycles. The maximum Gasteiger partial charge on any atom is 0.241 e. The van der Waals surface area contributed by atoms with Crippen molar-refractivity contribution in [2.75, 3.05) is 31.1 Å². The van der Waals surface area contributed by atoms with Crippen molar-refractivity contribution in [3.8, 4) is 11.4 Å². The Kier molecular flexibility index (Phi) is 7.79. The molecular weight excluding hydrogens is 506 g/mol. The van der Waals surface area contributed by atoms with Gasteiger partial charge < -0.3 is 14.7 Å². The van der Waals surface area contributed by atoms with Gasteiger partial charge in [0.05, 0.1) is 12.5 Å². The van der Waals surface area contributed by atoms with Gasteiger partial charge in [0.1, 0.15) is 0 Å². The predicted octanol–water partition coefficient (Wildman–Crippen LogP) is 5.02. The Hall–Kier alpha value is -2.71. The van der Waals surface area contributed by atoms with Gasteiger partial charge in [-0.3, -0.25) is 9.69 Å². The van der Waals surface area contributed by atoms with Gasteiger partial charge >= 0.3 is 0 Å². The summed E-state index contributed by atoms with van der Waals surface area (Å²) in [6.45, 7) is 5.04. The third kappa shape index (κ3) is 6.30. The quantitative estimate of drug-likeness (QED) is 0.456. The predicted molar refractivity (Wildman–Crippen MR) is 140 cm³/mol. The maximum atomic E-state index is 12.9. The smallest absolute Gasteiger partial charge is 0.241 e. The molecule has 3 aromatic rings. The molecule has 2 aliphatic heterocycles. The van der Waals surface area contributed by atoms with E-state index in [-0.39, 0.29) is 11.8 Å². The second-order valence-corrected chi connectivity index (χ2v) is 10.4. The molecular formula is C27H32BrN5O2. The van der Waals surface area contributed by atoms with Crippen LogP contribution in [0.3, 0.4) is 0 Å². The van der Waals surface area contributed by atoms with Crippen molar-refractivity contribution in [2.45, 2.75) is 45.2 Å². The Bertz CT molecular complexity index is 1130. The molecule has 5 rings (SSSR count). The van der Waals surface area contributed by atoms with E-state index in [0.717, 1.165) is 48.1 Å². The summed E-state index contributed by atoms with van der Waals surface area (Å²) >= 11 is 3.48. The molecule has 1 amide bonds. The number of carbonyl (C=O) groups is 1. The highest BCUT2D eigenvalue weighted by atomic mass is 79.9. The maximum absolute atomic E-state index is 12.9. The van der Waals surface area contributed by atoms with Gasteiger partial charge in [0.15, 0.2) is 0 Å². The van der Waals surface area contributed by atoms with E-state index >= 15 is 0 Å². The number of benzene rings is 2. The second-order valence-electron chi connectivity index (χ2n) is 9.53. The van der Waals surface area contributed by atoms with Crippen LogP contribution in [0.25, 0.3) is 11.4 Å². The van der Waals surface area contributed by atoms with Crippen molar-refractivity contribution in [1.29, 1.82) is 0 Å². The molecule has 1 aromatic heterocycles. The molecule has 0 bridgehead atoms. The lowest BCUT2D eigenvalue weighted by Crippen LogP contribution is -2.42. The number of hydrogen-bond acceptors (Lipinski definition) is 6. The van der Waals surface area contributed by atoms with E-state index < -0.39 is 0 Å². The van der Waals surface area contributed by atoms with Gasteiger partial charge in [0.25, 0.3) is 0 Å². The largest absolute Gasteiger partial charge is 0.372 e. The van der Waals surface area contributed by atoms with Gasteiger partial charge in [-0.2, -0.15) is 4.98 Å². The van der Waals surface area contributed by atoms with Crippen LogP contribution in [0.2, 0.25) is 0 Å². The Balaban J connectivity index is 1.11. The average molecular weight is 538 g/mol. The van der Waals surface area contributed by atoms with Crippen molar-refractivity contribution < 1.29 is 9.32 Å². The SMILES string of the molecule is O=C(NCc1ccc(N2CCCCC2)cc1)C1CCCN(Cc2nc(-c3cccc(Br)c3)no2)C1. The van der Waals surface area contributed by atoms with E-state index in [9.17, 15) is 4.79 Å². The molecule has 1 N–H and O–H groups in total. The van der Waals surface area contributed by atoms with Crippen LogP contribution >= 0.6 is 15.9 Å². The topological polar surface area (TPSA) is 74.5 Å². The first-order valence-electron chi connectivity index (χ1n) is 12.6. The highest BCUT2D eigenvalue weighted by Gasteiger charge is 2.27. The number of carbonyl (C=O) groups excluding carboxylic acids is 1. The number of anilines is 1. The number of nitrogens with one attached hydrogen (secondary N) is 1. The minimum Gasteiger partial charge on any atom is -0.372 e. The zero-order chi connectivity index (χ0) is 24.0. The molecule has 1 atom stereocenters. The molecule has 35 heavy (non-hydrogen) atoms. The standard InChI is InChI=1S/C27H32BrN5O2/c28-23-8-4-6-21(16-23)26-30-25(35-31-26)19-32-13-5-7-22(18-32)27(34)29-17-20-9-11-24(12-10-20)33-14-2-1-3-15-33/h4,6,8-12,16,22H,1-3,5,7,13-15,17-19H2,(H,29,34). The molecule has 0 spiro atoms. The summed E-state index contributed by atoms with van der Waals surface area (Å²) in [7, 11) is 0. The van der Waals surface area contributed by atoms with Gasteiger partial charge in [0.2, 0.25) is 17.6 Å². The van der Waals surface area contributed by atoms with E-state index in [1.165, 1.54) is 24.9 Å². The fourth-order valence-corrected chi connectivity index (χ4v) is 5.38. The number of hydrogen-bond donors (Lipinski definition) is 1. The molecule has 0 radical (unpaired) electrons. The van der Waals surface area contributed by atoms with E-state index in [2.05, 4.69) is 65.5 Å². The van der Waals surface area contributed by atoms with Crippen molar-refractivity contribution in [3.05, 3.63) is 64.5 Å². The number of piperidine rings is 2. The monoisotopic (exact) mass is 537 g/mol. The van der Waals surface area contributed by atoms with Gasteiger partial charge in [0, 0.05) is 41.9 Å². The molecule has 2 aliphatic rings.